The van der Waals surface area contributed by atoms with E-state index < -0.39 is 11.7 Å². The van der Waals surface area contributed by atoms with Crippen LogP contribution in [0.2, 0.25) is 0 Å². The summed E-state index contributed by atoms with van der Waals surface area (Å²) in [6, 6.07) is 6.97. The van der Waals surface area contributed by atoms with Gasteiger partial charge >= 0.3 is 0 Å². The van der Waals surface area contributed by atoms with E-state index in [4.69, 9.17) is 0 Å². The molecule has 1 aromatic heterocycles. The Balaban J connectivity index is 1.86. The van der Waals surface area contributed by atoms with Gasteiger partial charge in [-0.05, 0) is 30.3 Å². The molecule has 1 aromatic carbocycles. The molecule has 0 saturated heterocycles. The number of hydrogen-bond acceptors (Lipinski definition) is 4. The second-order valence-corrected chi connectivity index (χ2v) is 5.13. The van der Waals surface area contributed by atoms with Gasteiger partial charge in [-0.1, -0.05) is 0 Å². The first-order chi connectivity index (χ1) is 12.0. The van der Waals surface area contributed by atoms with Gasteiger partial charge in [-0.3, -0.25) is 19.4 Å². The molecular weight excluding hydrogens is 327 g/mol. The Morgan fingerprint density at radius 1 is 1.08 bits per heavy atom. The van der Waals surface area contributed by atoms with E-state index >= 15 is 0 Å². The molecule has 0 unspecified atom stereocenters. The molecule has 0 aliphatic rings. The van der Waals surface area contributed by atoms with E-state index in [1.165, 1.54) is 25.3 Å². The number of aromatic nitrogens is 1. The second-order valence-electron chi connectivity index (χ2n) is 5.13. The molecule has 7 nitrogen and oxygen atoms in total. The SMILES string of the molecule is CC(=O)Nc1ccc(F)c(C(=O)NCCNC(=O)c2cccnc2)c1. The largest absolute Gasteiger partial charge is 0.350 e. The Morgan fingerprint density at radius 3 is 2.44 bits per heavy atom. The van der Waals surface area contributed by atoms with Crippen LogP contribution < -0.4 is 16.0 Å². The number of carbonyl (C=O) groups is 3. The zero-order valence-electron chi connectivity index (χ0n) is 13.5. The van der Waals surface area contributed by atoms with Gasteiger partial charge in [0.1, 0.15) is 5.82 Å². The summed E-state index contributed by atoms with van der Waals surface area (Å²) >= 11 is 0. The molecule has 0 aliphatic carbocycles. The number of amides is 3. The second kappa shape index (κ2) is 8.53. The number of carbonyl (C=O) groups excluding carboxylic acids is 3. The van der Waals surface area contributed by atoms with Crippen LogP contribution in [0.5, 0.6) is 0 Å². The summed E-state index contributed by atoms with van der Waals surface area (Å²) in [5.74, 6) is -1.98. The van der Waals surface area contributed by atoms with Crippen molar-refractivity contribution in [3.8, 4) is 0 Å². The lowest BCUT2D eigenvalue weighted by molar-refractivity contribution is -0.114. The van der Waals surface area contributed by atoms with E-state index in [0.717, 1.165) is 6.07 Å². The van der Waals surface area contributed by atoms with Crippen LogP contribution in [0.4, 0.5) is 10.1 Å². The van der Waals surface area contributed by atoms with Crippen LogP contribution in [0.1, 0.15) is 27.6 Å². The van der Waals surface area contributed by atoms with Crippen molar-refractivity contribution < 1.29 is 18.8 Å². The summed E-state index contributed by atoms with van der Waals surface area (Å²) in [7, 11) is 0. The quantitative estimate of drug-likeness (QED) is 0.689. The number of anilines is 1. The molecular formula is C17H17FN4O3. The Hall–Kier alpha value is -3.29. The number of halogens is 1. The summed E-state index contributed by atoms with van der Waals surface area (Å²) in [5.41, 5.74) is 0.539. The maximum atomic E-state index is 13.8. The minimum absolute atomic E-state index is 0.120. The third-order valence-electron chi connectivity index (χ3n) is 3.15. The average molecular weight is 344 g/mol. The predicted octanol–water partition coefficient (Wildman–Crippen LogP) is 1.34. The molecule has 0 atom stereocenters. The molecule has 3 N–H and O–H groups in total. The van der Waals surface area contributed by atoms with Crippen LogP contribution in [0.25, 0.3) is 0 Å². The number of hydrogen-bond donors (Lipinski definition) is 3. The van der Waals surface area contributed by atoms with Crippen molar-refractivity contribution in [1.29, 1.82) is 0 Å². The van der Waals surface area contributed by atoms with Crippen molar-refractivity contribution in [1.82, 2.24) is 15.6 Å². The van der Waals surface area contributed by atoms with E-state index in [-0.39, 0.29) is 30.5 Å². The summed E-state index contributed by atoms with van der Waals surface area (Å²) in [5, 5.41) is 7.60. The lowest BCUT2D eigenvalue weighted by Gasteiger charge is -2.09. The van der Waals surface area contributed by atoms with E-state index in [1.54, 1.807) is 18.3 Å². The van der Waals surface area contributed by atoms with E-state index in [9.17, 15) is 18.8 Å². The summed E-state index contributed by atoms with van der Waals surface area (Å²) in [6.45, 7) is 1.61. The van der Waals surface area contributed by atoms with Crippen molar-refractivity contribution in [2.24, 2.45) is 0 Å². The Kier molecular flexibility index (Phi) is 6.16. The third-order valence-corrected chi connectivity index (χ3v) is 3.15. The predicted molar refractivity (Wildman–Crippen MR) is 89.6 cm³/mol. The minimum atomic E-state index is -0.703. The van der Waals surface area contributed by atoms with Crippen LogP contribution in [0.15, 0.2) is 42.7 Å². The highest BCUT2D eigenvalue weighted by Crippen LogP contribution is 2.14. The van der Waals surface area contributed by atoms with Gasteiger partial charge in [0.25, 0.3) is 11.8 Å². The van der Waals surface area contributed by atoms with Crippen molar-refractivity contribution in [3.63, 3.8) is 0 Å². The van der Waals surface area contributed by atoms with Gasteiger partial charge in [0.05, 0.1) is 11.1 Å². The van der Waals surface area contributed by atoms with Gasteiger partial charge in [-0.25, -0.2) is 4.39 Å². The zero-order valence-corrected chi connectivity index (χ0v) is 13.5. The zero-order chi connectivity index (χ0) is 18.2. The molecule has 8 heteroatoms. The number of pyridine rings is 1. The highest BCUT2D eigenvalue weighted by molar-refractivity contribution is 5.97. The maximum absolute atomic E-state index is 13.8. The first-order valence-electron chi connectivity index (χ1n) is 7.51. The Morgan fingerprint density at radius 2 is 1.80 bits per heavy atom. The fourth-order valence-electron chi connectivity index (χ4n) is 2.03. The standard InChI is InChI=1S/C17H17FN4O3/c1-11(23)22-13-4-5-15(18)14(9-13)17(25)21-8-7-20-16(24)12-3-2-6-19-10-12/h2-6,9-10H,7-8H2,1H3,(H,20,24)(H,21,25)(H,22,23). The lowest BCUT2D eigenvalue weighted by Crippen LogP contribution is -2.35. The lowest BCUT2D eigenvalue weighted by atomic mass is 10.1. The Bertz CT molecular complexity index is 781. The van der Waals surface area contributed by atoms with Gasteiger partial charge in [0, 0.05) is 38.1 Å². The van der Waals surface area contributed by atoms with Gasteiger partial charge in [0.2, 0.25) is 5.91 Å². The summed E-state index contributed by atoms with van der Waals surface area (Å²) in [6.07, 6.45) is 2.98. The van der Waals surface area contributed by atoms with Crippen LogP contribution in [0.3, 0.4) is 0 Å². The topological polar surface area (TPSA) is 100 Å². The highest BCUT2D eigenvalue weighted by Gasteiger charge is 2.13. The fourth-order valence-corrected chi connectivity index (χ4v) is 2.03. The minimum Gasteiger partial charge on any atom is -0.350 e. The van der Waals surface area contributed by atoms with Gasteiger partial charge in [0.15, 0.2) is 0 Å². The molecule has 3 amide bonds. The van der Waals surface area contributed by atoms with Crippen molar-refractivity contribution in [3.05, 3.63) is 59.7 Å². The molecule has 2 rings (SSSR count). The molecule has 0 radical (unpaired) electrons. The fraction of sp³-hybridized carbons (Fsp3) is 0.176. The molecule has 130 valence electrons. The summed E-state index contributed by atoms with van der Waals surface area (Å²) < 4.78 is 13.8. The van der Waals surface area contributed by atoms with Gasteiger partial charge < -0.3 is 16.0 Å². The van der Waals surface area contributed by atoms with Gasteiger partial charge in [-0.15, -0.1) is 0 Å². The molecule has 0 saturated carbocycles. The number of nitrogens with one attached hydrogen (secondary N) is 3. The van der Waals surface area contributed by atoms with Crippen LogP contribution >= 0.6 is 0 Å². The number of benzene rings is 1. The van der Waals surface area contributed by atoms with Crippen LogP contribution in [0, 0.1) is 5.82 Å². The van der Waals surface area contributed by atoms with Crippen LogP contribution in [-0.4, -0.2) is 35.8 Å². The molecule has 0 spiro atoms. The number of rotatable bonds is 6. The maximum Gasteiger partial charge on any atom is 0.254 e. The molecule has 0 bridgehead atoms. The molecule has 25 heavy (non-hydrogen) atoms. The van der Waals surface area contributed by atoms with Crippen LogP contribution in [-0.2, 0) is 4.79 Å². The molecule has 0 fully saturated rings. The van der Waals surface area contributed by atoms with E-state index in [2.05, 4.69) is 20.9 Å². The first kappa shape index (κ1) is 18.1. The Labute approximate surface area is 143 Å². The van der Waals surface area contributed by atoms with Crippen molar-refractivity contribution >= 4 is 23.4 Å². The third kappa shape index (κ3) is 5.38. The van der Waals surface area contributed by atoms with Crippen molar-refractivity contribution in [2.45, 2.75) is 6.92 Å². The molecule has 1 heterocycles. The molecule has 0 aliphatic heterocycles. The average Bonchev–Trinajstić information content (AvgIpc) is 2.60. The summed E-state index contributed by atoms with van der Waals surface area (Å²) in [4.78, 5) is 38.7. The van der Waals surface area contributed by atoms with Crippen molar-refractivity contribution in [2.75, 3.05) is 18.4 Å². The smallest absolute Gasteiger partial charge is 0.254 e. The van der Waals surface area contributed by atoms with E-state index in [0.29, 0.717) is 11.3 Å². The van der Waals surface area contributed by atoms with Gasteiger partial charge in [-0.2, -0.15) is 0 Å². The van der Waals surface area contributed by atoms with E-state index in [1.807, 2.05) is 0 Å². The normalized spacial score (nSPS) is 10.0. The first-order valence-corrected chi connectivity index (χ1v) is 7.51. The monoisotopic (exact) mass is 344 g/mol. The number of nitrogens with zero attached hydrogens (tertiary/aromatic N) is 1. The molecule has 2 aromatic rings. The highest BCUT2D eigenvalue weighted by atomic mass is 19.1.